The Kier molecular flexibility index (Phi) is 4.85. The summed E-state index contributed by atoms with van der Waals surface area (Å²) in [6.07, 6.45) is 2.57. The van der Waals surface area contributed by atoms with Crippen molar-refractivity contribution in [3.8, 4) is 0 Å². The Balaban J connectivity index is 1.66. The summed E-state index contributed by atoms with van der Waals surface area (Å²) in [5, 5.41) is 14.8. The minimum absolute atomic E-state index is 0.0680. The zero-order valence-corrected chi connectivity index (χ0v) is 18.2. The summed E-state index contributed by atoms with van der Waals surface area (Å²) in [6, 6.07) is 2.83. The van der Waals surface area contributed by atoms with Crippen LogP contribution in [-0.4, -0.2) is 56.0 Å². The number of H-pyrrole nitrogens is 1. The number of nitrogens with one attached hydrogen (secondary N) is 1. The van der Waals surface area contributed by atoms with E-state index in [9.17, 15) is 14.3 Å². The summed E-state index contributed by atoms with van der Waals surface area (Å²) < 4.78 is 21.6. The van der Waals surface area contributed by atoms with Crippen molar-refractivity contribution in [3.05, 3.63) is 34.2 Å². The van der Waals surface area contributed by atoms with Gasteiger partial charge in [0.25, 0.3) is 0 Å². The van der Waals surface area contributed by atoms with Crippen LogP contribution in [0.3, 0.4) is 0 Å². The van der Waals surface area contributed by atoms with Crippen molar-refractivity contribution >= 4 is 38.7 Å². The van der Waals surface area contributed by atoms with Gasteiger partial charge in [0, 0.05) is 28.5 Å². The Morgan fingerprint density at radius 3 is 2.69 bits per heavy atom. The summed E-state index contributed by atoms with van der Waals surface area (Å²) >= 11 is 3.40. The number of carbonyl (C=O) groups is 1. The van der Waals surface area contributed by atoms with Crippen molar-refractivity contribution in [2.24, 2.45) is 0 Å². The van der Waals surface area contributed by atoms with Crippen molar-refractivity contribution in [2.75, 3.05) is 19.7 Å². The number of hydrogen-bond acceptors (Lipinski definition) is 4. The summed E-state index contributed by atoms with van der Waals surface area (Å²) in [4.78, 5) is 17.3. The third-order valence-corrected chi connectivity index (χ3v) is 6.11. The average molecular weight is 467 g/mol. The molecule has 0 bridgehead atoms. The number of aliphatic hydroxyl groups is 1. The van der Waals surface area contributed by atoms with Gasteiger partial charge in [-0.3, -0.25) is 0 Å². The SMILES string of the molecule is CC(C)(C)OC(=O)N1CCC(CO)(c2cnn3c2[nH]c2cc(F)cc(Br)c23)CC1. The number of piperidine rings is 1. The fourth-order valence-corrected chi connectivity index (χ4v) is 4.59. The van der Waals surface area contributed by atoms with E-state index in [2.05, 4.69) is 26.0 Å². The van der Waals surface area contributed by atoms with Crippen LogP contribution in [0, 0.1) is 5.82 Å². The van der Waals surface area contributed by atoms with Gasteiger partial charge < -0.3 is 19.7 Å². The molecule has 2 N–H and O–H groups in total. The Labute approximate surface area is 175 Å². The largest absolute Gasteiger partial charge is 0.444 e. The van der Waals surface area contributed by atoms with Crippen LogP contribution in [0.25, 0.3) is 16.7 Å². The molecule has 0 radical (unpaired) electrons. The van der Waals surface area contributed by atoms with Gasteiger partial charge in [-0.1, -0.05) is 0 Å². The summed E-state index contributed by atoms with van der Waals surface area (Å²) in [7, 11) is 0. The van der Waals surface area contributed by atoms with Gasteiger partial charge in [-0.05, 0) is 61.7 Å². The van der Waals surface area contributed by atoms with Crippen LogP contribution in [-0.2, 0) is 10.2 Å². The normalized spacial score (nSPS) is 17.2. The molecule has 156 valence electrons. The molecule has 4 rings (SSSR count). The number of halogens is 2. The van der Waals surface area contributed by atoms with Crippen molar-refractivity contribution < 1.29 is 19.0 Å². The molecule has 0 spiro atoms. The number of carbonyl (C=O) groups excluding carboxylic acids is 1. The standard InChI is InChI=1S/C20H24BrFN4O3/c1-19(2,3)29-18(28)25-6-4-20(11-27,5-7-25)13-10-23-26-16-14(21)8-12(22)9-15(16)24-17(13)26/h8-10,24,27H,4-7,11H2,1-3H3. The molecule has 0 unspecified atom stereocenters. The number of aliphatic hydroxyl groups excluding tert-OH is 1. The molecule has 3 heterocycles. The number of amides is 1. The number of likely N-dealkylation sites (tertiary alicyclic amines) is 1. The van der Waals surface area contributed by atoms with Gasteiger partial charge in [-0.25, -0.2) is 13.7 Å². The second-order valence-electron chi connectivity index (χ2n) is 8.63. The minimum Gasteiger partial charge on any atom is -0.444 e. The molecule has 1 aliphatic rings. The lowest BCUT2D eigenvalue weighted by Gasteiger charge is -2.40. The van der Waals surface area contributed by atoms with Crippen LogP contribution < -0.4 is 0 Å². The second kappa shape index (κ2) is 6.98. The molecule has 29 heavy (non-hydrogen) atoms. The number of benzene rings is 1. The molecule has 2 aromatic heterocycles. The van der Waals surface area contributed by atoms with Crippen molar-refractivity contribution in [2.45, 2.75) is 44.6 Å². The third kappa shape index (κ3) is 3.50. The number of rotatable bonds is 2. The highest BCUT2D eigenvalue weighted by atomic mass is 79.9. The number of imidazole rings is 1. The Hall–Kier alpha value is -2.13. The molecule has 0 aliphatic carbocycles. The summed E-state index contributed by atoms with van der Waals surface area (Å²) in [5.41, 5.74) is 1.88. The van der Waals surface area contributed by atoms with Crippen LogP contribution in [0.2, 0.25) is 0 Å². The van der Waals surface area contributed by atoms with Crippen LogP contribution in [0.1, 0.15) is 39.2 Å². The molecule has 1 aromatic carbocycles. The van der Waals surface area contributed by atoms with E-state index >= 15 is 0 Å². The maximum atomic E-state index is 13.8. The first-order chi connectivity index (χ1) is 13.6. The van der Waals surface area contributed by atoms with E-state index in [4.69, 9.17) is 4.74 Å². The van der Waals surface area contributed by atoms with Crippen LogP contribution in [0.15, 0.2) is 22.8 Å². The highest BCUT2D eigenvalue weighted by molar-refractivity contribution is 9.10. The Morgan fingerprint density at radius 1 is 1.38 bits per heavy atom. The molecular weight excluding hydrogens is 443 g/mol. The van der Waals surface area contributed by atoms with Crippen molar-refractivity contribution in [1.82, 2.24) is 19.5 Å². The van der Waals surface area contributed by atoms with E-state index in [0.29, 0.717) is 35.9 Å². The first-order valence-electron chi connectivity index (χ1n) is 9.57. The lowest BCUT2D eigenvalue weighted by molar-refractivity contribution is 0.0124. The van der Waals surface area contributed by atoms with E-state index < -0.39 is 11.0 Å². The average Bonchev–Trinajstić information content (AvgIpc) is 3.19. The number of aromatic nitrogens is 3. The van der Waals surface area contributed by atoms with E-state index in [1.165, 1.54) is 12.1 Å². The fraction of sp³-hybridized carbons (Fsp3) is 0.500. The Bertz CT molecular complexity index is 1080. The second-order valence-corrected chi connectivity index (χ2v) is 9.49. The number of fused-ring (bicyclic) bond motifs is 3. The lowest BCUT2D eigenvalue weighted by Crippen LogP contribution is -2.48. The quantitative estimate of drug-likeness (QED) is 0.598. The maximum Gasteiger partial charge on any atom is 0.410 e. The molecule has 1 fully saturated rings. The summed E-state index contributed by atoms with van der Waals surface area (Å²) in [5.74, 6) is -0.349. The zero-order chi connectivity index (χ0) is 21.0. The van der Waals surface area contributed by atoms with Crippen LogP contribution in [0.5, 0.6) is 0 Å². The Morgan fingerprint density at radius 2 is 2.07 bits per heavy atom. The third-order valence-electron chi connectivity index (χ3n) is 5.51. The van der Waals surface area contributed by atoms with E-state index in [1.54, 1.807) is 15.6 Å². The topological polar surface area (TPSA) is 82.9 Å². The predicted molar refractivity (Wildman–Crippen MR) is 111 cm³/mol. The molecule has 1 saturated heterocycles. The fourth-order valence-electron chi connectivity index (χ4n) is 3.99. The van der Waals surface area contributed by atoms with Gasteiger partial charge in [-0.2, -0.15) is 5.10 Å². The molecule has 9 heteroatoms. The zero-order valence-electron chi connectivity index (χ0n) is 16.6. The van der Waals surface area contributed by atoms with Gasteiger partial charge in [0.1, 0.15) is 22.6 Å². The minimum atomic E-state index is -0.548. The van der Waals surface area contributed by atoms with E-state index in [1.807, 2.05) is 20.8 Å². The smallest absolute Gasteiger partial charge is 0.410 e. The van der Waals surface area contributed by atoms with E-state index in [-0.39, 0.29) is 18.5 Å². The highest BCUT2D eigenvalue weighted by Crippen LogP contribution is 2.39. The van der Waals surface area contributed by atoms with Crippen molar-refractivity contribution in [3.63, 3.8) is 0 Å². The molecule has 1 aliphatic heterocycles. The molecule has 7 nitrogen and oxygen atoms in total. The maximum absolute atomic E-state index is 13.8. The highest BCUT2D eigenvalue weighted by Gasteiger charge is 2.40. The van der Waals surface area contributed by atoms with Crippen molar-refractivity contribution in [1.29, 1.82) is 0 Å². The van der Waals surface area contributed by atoms with Gasteiger partial charge in [0.15, 0.2) is 0 Å². The van der Waals surface area contributed by atoms with Gasteiger partial charge in [-0.15, -0.1) is 0 Å². The number of hydrogen-bond donors (Lipinski definition) is 2. The summed E-state index contributed by atoms with van der Waals surface area (Å²) in [6.45, 7) is 6.41. The number of aromatic amines is 1. The van der Waals surface area contributed by atoms with Gasteiger partial charge in [0.2, 0.25) is 0 Å². The van der Waals surface area contributed by atoms with E-state index in [0.717, 1.165) is 16.7 Å². The lowest BCUT2D eigenvalue weighted by atomic mass is 9.74. The first-order valence-corrected chi connectivity index (χ1v) is 10.4. The predicted octanol–water partition coefficient (Wildman–Crippen LogP) is 3.98. The molecule has 3 aromatic rings. The first kappa shape index (κ1) is 20.2. The number of ether oxygens (including phenoxy) is 1. The molecular formula is C20H24BrFN4O3. The molecule has 1 amide bonds. The van der Waals surface area contributed by atoms with Crippen LogP contribution in [0.4, 0.5) is 9.18 Å². The number of nitrogens with zero attached hydrogens (tertiary/aromatic N) is 3. The van der Waals surface area contributed by atoms with Gasteiger partial charge >= 0.3 is 6.09 Å². The van der Waals surface area contributed by atoms with Crippen LogP contribution >= 0.6 is 15.9 Å². The molecule has 0 atom stereocenters. The monoisotopic (exact) mass is 466 g/mol. The van der Waals surface area contributed by atoms with Gasteiger partial charge in [0.05, 0.1) is 18.3 Å². The molecule has 0 saturated carbocycles.